The molecule has 2 aromatic rings. The van der Waals surface area contributed by atoms with E-state index in [-0.39, 0.29) is 18.1 Å². The quantitative estimate of drug-likeness (QED) is 0.840. The third-order valence-corrected chi connectivity index (χ3v) is 4.66. The zero-order chi connectivity index (χ0) is 17.1. The van der Waals surface area contributed by atoms with Crippen LogP contribution in [-0.2, 0) is 20.8 Å². The molecule has 7 nitrogen and oxygen atoms in total. The molecule has 0 aliphatic carbocycles. The molecule has 2 fully saturated rings. The molecule has 2 aliphatic heterocycles. The van der Waals surface area contributed by atoms with E-state index in [2.05, 4.69) is 22.2 Å². The molecule has 7 heteroatoms. The Morgan fingerprint density at radius 3 is 2.92 bits per heavy atom. The van der Waals surface area contributed by atoms with Gasteiger partial charge in [-0.2, -0.15) is 5.10 Å². The number of amides is 1. The van der Waals surface area contributed by atoms with Crippen LogP contribution in [0, 0.1) is 0 Å². The van der Waals surface area contributed by atoms with Crippen molar-refractivity contribution in [1.29, 1.82) is 0 Å². The fraction of sp³-hybridized carbons (Fsp3) is 0.500. The molecule has 2 saturated heterocycles. The summed E-state index contributed by atoms with van der Waals surface area (Å²) in [6.45, 7) is 2.83. The van der Waals surface area contributed by atoms with Crippen molar-refractivity contribution < 1.29 is 14.3 Å². The number of rotatable bonds is 4. The van der Waals surface area contributed by atoms with E-state index >= 15 is 0 Å². The average Bonchev–Trinajstić information content (AvgIpc) is 3.34. The van der Waals surface area contributed by atoms with Crippen LogP contribution >= 0.6 is 0 Å². The van der Waals surface area contributed by atoms with Crippen LogP contribution < -0.4 is 0 Å². The number of hydrogen-bond acceptors (Lipinski definition) is 5. The Morgan fingerprint density at radius 2 is 2.12 bits per heavy atom. The van der Waals surface area contributed by atoms with E-state index < -0.39 is 0 Å². The summed E-state index contributed by atoms with van der Waals surface area (Å²) in [4.78, 5) is 19.0. The maximum Gasteiger partial charge on any atom is 0.252 e. The third kappa shape index (κ3) is 3.57. The van der Waals surface area contributed by atoms with E-state index in [9.17, 15) is 4.79 Å². The van der Waals surface area contributed by atoms with Crippen molar-refractivity contribution in [2.75, 3.05) is 26.4 Å². The van der Waals surface area contributed by atoms with Gasteiger partial charge in [0.25, 0.3) is 5.91 Å². The van der Waals surface area contributed by atoms with Crippen LogP contribution in [0.1, 0.15) is 30.3 Å². The lowest BCUT2D eigenvalue weighted by atomic mass is 10.1. The van der Waals surface area contributed by atoms with Crippen LogP contribution in [0.15, 0.2) is 36.7 Å². The van der Waals surface area contributed by atoms with Crippen LogP contribution in [0.4, 0.5) is 0 Å². The molecular formula is C18H22N4O3. The summed E-state index contributed by atoms with van der Waals surface area (Å²) in [5.74, 6) is 0.659. The fourth-order valence-corrected chi connectivity index (χ4v) is 3.35. The molecule has 0 radical (unpaired) electrons. The topological polar surface area (TPSA) is 69.5 Å². The van der Waals surface area contributed by atoms with E-state index in [1.54, 1.807) is 11.0 Å². The molecule has 2 unspecified atom stereocenters. The maximum absolute atomic E-state index is 12.8. The summed E-state index contributed by atoms with van der Waals surface area (Å²) in [5.41, 5.74) is 1.16. The highest BCUT2D eigenvalue weighted by atomic mass is 16.5. The molecule has 0 N–H and O–H groups in total. The second-order valence-corrected chi connectivity index (χ2v) is 6.41. The van der Waals surface area contributed by atoms with Crippen molar-refractivity contribution in [1.82, 2.24) is 19.7 Å². The first kappa shape index (κ1) is 16.2. The first-order valence-electron chi connectivity index (χ1n) is 8.74. The van der Waals surface area contributed by atoms with Gasteiger partial charge in [0.1, 0.15) is 18.5 Å². The molecule has 1 aromatic heterocycles. The maximum atomic E-state index is 12.8. The lowest BCUT2D eigenvalue weighted by Gasteiger charge is -2.35. The van der Waals surface area contributed by atoms with Gasteiger partial charge < -0.3 is 14.4 Å². The van der Waals surface area contributed by atoms with Crippen LogP contribution in [0.5, 0.6) is 0 Å². The number of carbonyl (C=O) groups is 1. The highest BCUT2D eigenvalue weighted by molar-refractivity contribution is 5.81. The molecule has 0 spiro atoms. The molecule has 25 heavy (non-hydrogen) atoms. The number of ether oxygens (including phenoxy) is 2. The molecule has 1 aromatic carbocycles. The highest BCUT2D eigenvalue weighted by Crippen LogP contribution is 2.25. The Bertz CT molecular complexity index is 712. The fourth-order valence-electron chi connectivity index (χ4n) is 3.35. The first-order chi connectivity index (χ1) is 12.3. The number of nitrogens with zero attached hydrogens (tertiary/aromatic N) is 4. The van der Waals surface area contributed by atoms with Crippen LogP contribution in [-0.4, -0.2) is 58.0 Å². The minimum atomic E-state index is -0.327. The predicted molar refractivity (Wildman–Crippen MR) is 89.8 cm³/mol. The summed E-state index contributed by atoms with van der Waals surface area (Å²) >= 11 is 0. The standard InChI is InChI=1S/C18H22N4O3/c23-18(16-7-4-9-25-16)22-8-10-24-12-15(22)17-19-13-21(20-17)11-14-5-2-1-3-6-14/h1-3,5-6,13,15-16H,4,7-12H2. The zero-order valence-corrected chi connectivity index (χ0v) is 14.1. The highest BCUT2D eigenvalue weighted by Gasteiger charge is 2.36. The Morgan fingerprint density at radius 1 is 1.24 bits per heavy atom. The summed E-state index contributed by atoms with van der Waals surface area (Å²) in [7, 11) is 0. The smallest absolute Gasteiger partial charge is 0.252 e. The van der Waals surface area contributed by atoms with E-state index in [1.807, 2.05) is 23.1 Å². The Kier molecular flexibility index (Phi) is 4.76. The molecular weight excluding hydrogens is 320 g/mol. The van der Waals surface area contributed by atoms with Gasteiger partial charge in [0.2, 0.25) is 0 Å². The van der Waals surface area contributed by atoms with Crippen molar-refractivity contribution in [3.63, 3.8) is 0 Å². The van der Waals surface area contributed by atoms with Crippen molar-refractivity contribution in [2.45, 2.75) is 31.5 Å². The van der Waals surface area contributed by atoms with Gasteiger partial charge >= 0.3 is 0 Å². The van der Waals surface area contributed by atoms with Gasteiger partial charge in [0, 0.05) is 13.2 Å². The summed E-state index contributed by atoms with van der Waals surface area (Å²) in [6.07, 6.45) is 3.12. The molecule has 4 rings (SSSR count). The van der Waals surface area contributed by atoms with Crippen LogP contribution in [0.3, 0.4) is 0 Å². The number of hydrogen-bond donors (Lipinski definition) is 0. The number of benzene rings is 1. The van der Waals surface area contributed by atoms with E-state index in [1.165, 1.54) is 0 Å². The van der Waals surface area contributed by atoms with E-state index in [0.717, 1.165) is 18.4 Å². The number of aromatic nitrogens is 3. The van der Waals surface area contributed by atoms with Crippen molar-refractivity contribution in [3.05, 3.63) is 48.0 Å². The van der Waals surface area contributed by atoms with Crippen LogP contribution in [0.2, 0.25) is 0 Å². The zero-order valence-electron chi connectivity index (χ0n) is 14.1. The van der Waals surface area contributed by atoms with Gasteiger partial charge in [0.15, 0.2) is 5.82 Å². The minimum Gasteiger partial charge on any atom is -0.377 e. The summed E-state index contributed by atoms with van der Waals surface area (Å²) < 4.78 is 12.9. The second kappa shape index (κ2) is 7.33. The molecule has 2 aliphatic rings. The van der Waals surface area contributed by atoms with E-state index in [4.69, 9.17) is 9.47 Å². The summed E-state index contributed by atoms with van der Waals surface area (Å²) in [6, 6.07) is 9.86. The third-order valence-electron chi connectivity index (χ3n) is 4.66. The predicted octanol–water partition coefficient (Wildman–Crippen LogP) is 1.41. The van der Waals surface area contributed by atoms with Crippen molar-refractivity contribution in [3.8, 4) is 0 Å². The Balaban J connectivity index is 1.49. The summed E-state index contributed by atoms with van der Waals surface area (Å²) in [5, 5.41) is 4.58. The lowest BCUT2D eigenvalue weighted by molar-refractivity contribution is -0.150. The average molecular weight is 342 g/mol. The van der Waals surface area contributed by atoms with Crippen LogP contribution in [0.25, 0.3) is 0 Å². The molecule has 0 bridgehead atoms. The molecule has 3 heterocycles. The Hall–Kier alpha value is -2.25. The van der Waals surface area contributed by atoms with Gasteiger partial charge in [-0.25, -0.2) is 9.67 Å². The van der Waals surface area contributed by atoms with Gasteiger partial charge in [-0.05, 0) is 18.4 Å². The van der Waals surface area contributed by atoms with Gasteiger partial charge in [-0.3, -0.25) is 4.79 Å². The number of morpholine rings is 1. The van der Waals surface area contributed by atoms with E-state index in [0.29, 0.717) is 38.7 Å². The first-order valence-corrected chi connectivity index (χ1v) is 8.74. The normalized spacial score (nSPS) is 23.8. The van der Waals surface area contributed by atoms with Gasteiger partial charge in [0.05, 0.1) is 19.8 Å². The monoisotopic (exact) mass is 342 g/mol. The SMILES string of the molecule is O=C(C1CCCO1)N1CCOCC1c1ncn(Cc2ccccc2)n1. The molecule has 132 valence electrons. The largest absolute Gasteiger partial charge is 0.377 e. The minimum absolute atomic E-state index is 0.0326. The van der Waals surface area contributed by atoms with Crippen molar-refractivity contribution >= 4 is 5.91 Å². The lowest BCUT2D eigenvalue weighted by Crippen LogP contribution is -2.47. The number of carbonyl (C=O) groups excluding carboxylic acids is 1. The van der Waals surface area contributed by atoms with Gasteiger partial charge in [-0.1, -0.05) is 30.3 Å². The molecule has 1 amide bonds. The molecule has 0 saturated carbocycles. The molecule has 2 atom stereocenters. The van der Waals surface area contributed by atoms with Gasteiger partial charge in [-0.15, -0.1) is 0 Å². The second-order valence-electron chi connectivity index (χ2n) is 6.41. The Labute approximate surface area is 146 Å². The van der Waals surface area contributed by atoms with Crippen molar-refractivity contribution in [2.24, 2.45) is 0 Å².